The lowest BCUT2D eigenvalue weighted by molar-refractivity contribution is 0.0215. The van der Waals surface area contributed by atoms with Gasteiger partial charge in [-0.1, -0.05) is 47.3 Å². The van der Waals surface area contributed by atoms with E-state index in [1.165, 1.54) is 17.3 Å². The molecule has 8 nitrogen and oxygen atoms in total. The van der Waals surface area contributed by atoms with Gasteiger partial charge in [0.15, 0.2) is 22.1 Å². The molecule has 2 fully saturated rings. The van der Waals surface area contributed by atoms with Crippen LogP contribution in [0.1, 0.15) is 36.8 Å². The van der Waals surface area contributed by atoms with E-state index < -0.39 is 12.2 Å². The third-order valence-electron chi connectivity index (χ3n) is 5.69. The molecule has 2 aromatic heterocycles. The van der Waals surface area contributed by atoms with Crippen molar-refractivity contribution >= 4 is 28.7 Å². The Kier molecular flexibility index (Phi) is 4.45. The van der Waals surface area contributed by atoms with Crippen LogP contribution in [0.2, 0.25) is 0 Å². The highest BCUT2D eigenvalue weighted by molar-refractivity contribution is 7.98. The van der Waals surface area contributed by atoms with Crippen molar-refractivity contribution in [2.75, 3.05) is 11.6 Å². The Hall–Kier alpha value is -2.23. The van der Waals surface area contributed by atoms with Crippen molar-refractivity contribution in [3.63, 3.8) is 0 Å². The number of hydrogen-bond donors (Lipinski definition) is 3. The lowest BCUT2D eigenvalue weighted by Gasteiger charge is -2.16. The van der Waals surface area contributed by atoms with Crippen LogP contribution >= 0.6 is 11.8 Å². The summed E-state index contributed by atoms with van der Waals surface area (Å²) in [6.07, 6.45) is 2.56. The number of aromatic nitrogens is 5. The molecule has 0 amide bonds. The number of thioether (sulfide) groups is 1. The number of anilines is 1. The molecule has 2 aliphatic carbocycles. The second kappa shape index (κ2) is 6.98. The monoisotopic (exact) mass is 398 g/mol. The number of fused-ring (bicyclic) bond motifs is 1. The van der Waals surface area contributed by atoms with Gasteiger partial charge < -0.3 is 15.5 Å². The molecule has 2 aliphatic rings. The van der Waals surface area contributed by atoms with Crippen LogP contribution < -0.4 is 5.32 Å². The van der Waals surface area contributed by atoms with Crippen molar-refractivity contribution in [3.05, 3.63) is 35.9 Å². The molecular formula is C19H22N6O2S. The van der Waals surface area contributed by atoms with Crippen LogP contribution in [-0.2, 0) is 0 Å². The molecule has 2 saturated carbocycles. The summed E-state index contributed by atoms with van der Waals surface area (Å²) < 4.78 is 1.64. The summed E-state index contributed by atoms with van der Waals surface area (Å²) in [6.45, 7) is 0. The second-order valence-corrected chi connectivity index (χ2v) is 8.24. The summed E-state index contributed by atoms with van der Waals surface area (Å²) in [5.41, 5.74) is 2.52. The number of rotatable bonds is 5. The Balaban J connectivity index is 1.46. The van der Waals surface area contributed by atoms with Gasteiger partial charge in [0.25, 0.3) is 0 Å². The van der Waals surface area contributed by atoms with Gasteiger partial charge in [-0.25, -0.2) is 14.6 Å². The molecule has 146 valence electrons. The molecule has 5 atom stereocenters. The van der Waals surface area contributed by atoms with E-state index in [4.69, 9.17) is 0 Å². The minimum atomic E-state index is -0.861. The zero-order valence-corrected chi connectivity index (χ0v) is 16.3. The third kappa shape index (κ3) is 3.03. The molecule has 9 heteroatoms. The Labute approximate surface area is 166 Å². The largest absolute Gasteiger partial charge is 0.390 e. The van der Waals surface area contributed by atoms with Gasteiger partial charge in [0.1, 0.15) is 6.10 Å². The summed E-state index contributed by atoms with van der Waals surface area (Å²) in [5.74, 6) is 1.14. The summed E-state index contributed by atoms with van der Waals surface area (Å²) in [5, 5.41) is 32.9. The van der Waals surface area contributed by atoms with Gasteiger partial charge in [-0.05, 0) is 31.1 Å². The van der Waals surface area contributed by atoms with Crippen LogP contribution in [0.15, 0.2) is 35.5 Å². The molecule has 0 aliphatic heterocycles. The van der Waals surface area contributed by atoms with E-state index in [9.17, 15) is 10.2 Å². The Morgan fingerprint density at radius 2 is 1.96 bits per heavy atom. The molecule has 2 heterocycles. The smallest absolute Gasteiger partial charge is 0.191 e. The predicted octanol–water partition coefficient (Wildman–Crippen LogP) is 1.97. The topological polar surface area (TPSA) is 109 Å². The first-order valence-electron chi connectivity index (χ1n) is 9.50. The van der Waals surface area contributed by atoms with Crippen LogP contribution in [0.25, 0.3) is 11.2 Å². The number of aliphatic hydroxyl groups is 2. The zero-order valence-electron chi connectivity index (χ0n) is 15.4. The van der Waals surface area contributed by atoms with Gasteiger partial charge in [0.2, 0.25) is 0 Å². The molecule has 0 radical (unpaired) electrons. The van der Waals surface area contributed by atoms with Crippen LogP contribution in [0.5, 0.6) is 0 Å². The fourth-order valence-electron chi connectivity index (χ4n) is 4.03. The first-order chi connectivity index (χ1) is 13.7. The zero-order chi connectivity index (χ0) is 19.3. The van der Waals surface area contributed by atoms with Crippen molar-refractivity contribution in [3.8, 4) is 0 Å². The number of aliphatic hydroxyl groups excluding tert-OH is 2. The van der Waals surface area contributed by atoms with Crippen molar-refractivity contribution in [2.24, 2.45) is 0 Å². The van der Waals surface area contributed by atoms with Gasteiger partial charge in [-0.3, -0.25) is 0 Å². The van der Waals surface area contributed by atoms with Crippen molar-refractivity contribution in [2.45, 2.75) is 54.6 Å². The van der Waals surface area contributed by atoms with Crippen LogP contribution in [0.4, 0.5) is 5.82 Å². The van der Waals surface area contributed by atoms with E-state index in [0.717, 1.165) is 6.42 Å². The Morgan fingerprint density at radius 1 is 1.14 bits per heavy atom. The average Bonchev–Trinajstić information content (AvgIpc) is 3.24. The maximum Gasteiger partial charge on any atom is 0.191 e. The SMILES string of the molecule is CSc1nc(NC2CC2c2ccccc2)c2nnn(C3CCC(O)C3O)c2n1. The molecule has 0 bridgehead atoms. The van der Waals surface area contributed by atoms with Crippen molar-refractivity contribution in [1.29, 1.82) is 0 Å². The van der Waals surface area contributed by atoms with E-state index in [1.807, 2.05) is 12.3 Å². The van der Waals surface area contributed by atoms with Gasteiger partial charge in [0.05, 0.1) is 12.1 Å². The third-order valence-corrected chi connectivity index (χ3v) is 6.23. The quantitative estimate of drug-likeness (QED) is 0.442. The Morgan fingerprint density at radius 3 is 2.68 bits per heavy atom. The summed E-state index contributed by atoms with van der Waals surface area (Å²) in [6, 6.07) is 10.4. The normalized spacial score (nSPS) is 29.3. The van der Waals surface area contributed by atoms with E-state index >= 15 is 0 Å². The predicted molar refractivity (Wildman–Crippen MR) is 106 cm³/mol. The first-order valence-corrected chi connectivity index (χ1v) is 10.7. The highest BCUT2D eigenvalue weighted by atomic mass is 32.2. The van der Waals surface area contributed by atoms with Crippen LogP contribution in [0.3, 0.4) is 0 Å². The van der Waals surface area contributed by atoms with Gasteiger partial charge in [-0.2, -0.15) is 0 Å². The van der Waals surface area contributed by atoms with E-state index in [-0.39, 0.29) is 6.04 Å². The highest BCUT2D eigenvalue weighted by Crippen LogP contribution is 2.43. The van der Waals surface area contributed by atoms with Crippen molar-refractivity contribution < 1.29 is 10.2 Å². The van der Waals surface area contributed by atoms with Crippen molar-refractivity contribution in [1.82, 2.24) is 25.0 Å². The fourth-order valence-corrected chi connectivity index (χ4v) is 4.39. The lowest BCUT2D eigenvalue weighted by Crippen LogP contribution is -2.28. The van der Waals surface area contributed by atoms with Gasteiger partial charge >= 0.3 is 0 Å². The van der Waals surface area contributed by atoms with Crippen LogP contribution in [0, 0.1) is 0 Å². The van der Waals surface area contributed by atoms with E-state index in [2.05, 4.69) is 49.9 Å². The molecule has 1 aromatic carbocycles. The average molecular weight is 398 g/mol. The second-order valence-electron chi connectivity index (χ2n) is 7.47. The number of nitrogens with one attached hydrogen (secondary N) is 1. The van der Waals surface area contributed by atoms with Gasteiger partial charge in [-0.15, -0.1) is 5.10 Å². The minimum absolute atomic E-state index is 0.305. The highest BCUT2D eigenvalue weighted by Gasteiger charge is 2.40. The van der Waals surface area contributed by atoms with E-state index in [1.54, 1.807) is 4.68 Å². The van der Waals surface area contributed by atoms with E-state index in [0.29, 0.717) is 46.9 Å². The minimum Gasteiger partial charge on any atom is -0.390 e. The number of hydrogen-bond acceptors (Lipinski definition) is 8. The molecule has 3 N–H and O–H groups in total. The first kappa shape index (κ1) is 17.8. The molecule has 0 saturated heterocycles. The standard InChI is InChI=1S/C19H22N6O2S/c1-28-19-21-17(20-12-9-11(12)10-5-3-2-4-6-10)15-18(22-19)25(24-23-15)13-7-8-14(26)16(13)27/h2-6,11-14,16,26-27H,7-9H2,1H3,(H,20,21,22). The molecule has 5 rings (SSSR count). The summed E-state index contributed by atoms with van der Waals surface area (Å²) >= 11 is 1.46. The maximum atomic E-state index is 10.3. The maximum absolute atomic E-state index is 10.3. The summed E-state index contributed by atoms with van der Waals surface area (Å²) in [7, 11) is 0. The number of nitrogens with zero attached hydrogens (tertiary/aromatic N) is 5. The summed E-state index contributed by atoms with van der Waals surface area (Å²) in [4.78, 5) is 9.19. The molecule has 3 aromatic rings. The van der Waals surface area contributed by atoms with Crippen LogP contribution in [-0.4, -0.2) is 59.7 Å². The Bertz CT molecular complexity index is 997. The molecule has 0 spiro atoms. The lowest BCUT2D eigenvalue weighted by atomic mass is 10.1. The molecule has 28 heavy (non-hydrogen) atoms. The number of benzene rings is 1. The fraction of sp³-hybridized carbons (Fsp3) is 0.474. The molecular weight excluding hydrogens is 376 g/mol. The molecule has 5 unspecified atom stereocenters. The van der Waals surface area contributed by atoms with Gasteiger partial charge in [0, 0.05) is 12.0 Å².